The molecule has 0 fully saturated rings. The highest BCUT2D eigenvalue weighted by atomic mass is 35.5. The molecular formula is C14H8ClNO. The van der Waals surface area contributed by atoms with Crippen molar-refractivity contribution in [3.8, 4) is 11.8 Å². The molecule has 1 heterocycles. The summed E-state index contributed by atoms with van der Waals surface area (Å²) >= 11 is 5.40. The largest absolute Gasteiger partial charge is 0.276 e. The molecule has 0 aliphatic rings. The summed E-state index contributed by atoms with van der Waals surface area (Å²) in [6.45, 7) is 0. The Balaban J connectivity index is 2.28. The Labute approximate surface area is 104 Å². The average molecular weight is 242 g/mol. The van der Waals surface area contributed by atoms with E-state index in [4.69, 9.17) is 11.6 Å². The molecule has 0 unspecified atom stereocenters. The highest BCUT2D eigenvalue weighted by Gasteiger charge is 2.00. The molecule has 0 radical (unpaired) electrons. The van der Waals surface area contributed by atoms with Crippen molar-refractivity contribution in [1.82, 2.24) is 4.98 Å². The number of pyridine rings is 1. The van der Waals surface area contributed by atoms with E-state index in [1.807, 2.05) is 18.2 Å². The predicted octanol–water partition coefficient (Wildman–Crippen LogP) is 2.86. The van der Waals surface area contributed by atoms with Crippen LogP contribution in [0.4, 0.5) is 0 Å². The minimum Gasteiger partial charge on any atom is -0.276 e. The van der Waals surface area contributed by atoms with Gasteiger partial charge in [-0.05, 0) is 35.9 Å². The number of aromatic nitrogens is 1. The number of carbonyl (C=O) groups is 1. The molecule has 2 aromatic rings. The predicted molar refractivity (Wildman–Crippen MR) is 66.8 cm³/mol. The molecule has 1 aromatic carbocycles. The van der Waals surface area contributed by atoms with Crippen LogP contribution in [0.1, 0.15) is 21.5 Å². The Kier molecular flexibility index (Phi) is 3.54. The summed E-state index contributed by atoms with van der Waals surface area (Å²) in [6.07, 6.45) is 3.38. The molecule has 2 nitrogen and oxygen atoms in total. The first-order valence-corrected chi connectivity index (χ1v) is 5.35. The van der Waals surface area contributed by atoms with E-state index >= 15 is 0 Å². The van der Waals surface area contributed by atoms with Gasteiger partial charge in [0, 0.05) is 29.1 Å². The number of nitrogens with zero attached hydrogens (tertiary/aromatic N) is 1. The van der Waals surface area contributed by atoms with Gasteiger partial charge in [0.05, 0.1) is 0 Å². The van der Waals surface area contributed by atoms with E-state index in [9.17, 15) is 4.79 Å². The summed E-state index contributed by atoms with van der Waals surface area (Å²) < 4.78 is 0. The standard InChI is InChI=1S/C14H8ClNO/c15-14(17)13-5-1-3-11(9-13)6-7-12-4-2-8-16-10-12/h1-5,8-10H. The second kappa shape index (κ2) is 5.29. The number of rotatable bonds is 1. The zero-order chi connectivity index (χ0) is 12.1. The highest BCUT2D eigenvalue weighted by molar-refractivity contribution is 6.67. The van der Waals surface area contributed by atoms with Crippen molar-refractivity contribution in [3.05, 3.63) is 65.5 Å². The Bertz CT molecular complexity index is 596. The van der Waals surface area contributed by atoms with Crippen LogP contribution in [0.2, 0.25) is 0 Å². The van der Waals surface area contributed by atoms with E-state index in [0.717, 1.165) is 11.1 Å². The lowest BCUT2D eigenvalue weighted by molar-refractivity contribution is 0.108. The molecule has 0 spiro atoms. The van der Waals surface area contributed by atoms with E-state index in [0.29, 0.717) is 5.56 Å². The van der Waals surface area contributed by atoms with Crippen molar-refractivity contribution in [1.29, 1.82) is 0 Å². The number of hydrogen-bond acceptors (Lipinski definition) is 2. The van der Waals surface area contributed by atoms with Gasteiger partial charge in [-0.2, -0.15) is 0 Å². The van der Waals surface area contributed by atoms with Crippen molar-refractivity contribution in [3.63, 3.8) is 0 Å². The van der Waals surface area contributed by atoms with Crippen LogP contribution >= 0.6 is 11.6 Å². The van der Waals surface area contributed by atoms with Gasteiger partial charge in [0.15, 0.2) is 0 Å². The first-order chi connectivity index (χ1) is 8.25. The lowest BCUT2D eigenvalue weighted by Gasteiger charge is -1.94. The van der Waals surface area contributed by atoms with E-state index in [2.05, 4.69) is 16.8 Å². The maximum Gasteiger partial charge on any atom is 0.252 e. The fraction of sp³-hybridized carbons (Fsp3) is 0. The van der Waals surface area contributed by atoms with Crippen LogP contribution in [0.3, 0.4) is 0 Å². The quantitative estimate of drug-likeness (QED) is 0.568. The minimum atomic E-state index is -0.477. The molecule has 1 aromatic heterocycles. The molecule has 0 aliphatic carbocycles. The van der Waals surface area contributed by atoms with E-state index in [-0.39, 0.29) is 0 Å². The maximum absolute atomic E-state index is 11.0. The Morgan fingerprint density at radius 2 is 1.88 bits per heavy atom. The van der Waals surface area contributed by atoms with E-state index < -0.39 is 5.24 Å². The summed E-state index contributed by atoms with van der Waals surface area (Å²) in [5.74, 6) is 5.92. The molecule has 0 saturated heterocycles. The van der Waals surface area contributed by atoms with Crippen LogP contribution in [0.15, 0.2) is 48.8 Å². The second-order valence-corrected chi connectivity index (χ2v) is 3.69. The normalized spacial score (nSPS) is 9.24. The fourth-order valence-electron chi connectivity index (χ4n) is 1.30. The molecule has 2 rings (SSSR count). The molecule has 0 atom stereocenters. The van der Waals surface area contributed by atoms with Crippen molar-refractivity contribution in [2.75, 3.05) is 0 Å². The van der Waals surface area contributed by atoms with Gasteiger partial charge in [-0.15, -0.1) is 0 Å². The molecule has 0 N–H and O–H groups in total. The van der Waals surface area contributed by atoms with Crippen LogP contribution in [0, 0.1) is 11.8 Å². The maximum atomic E-state index is 11.0. The van der Waals surface area contributed by atoms with Crippen molar-refractivity contribution in [2.24, 2.45) is 0 Å². The average Bonchev–Trinajstić information content (AvgIpc) is 2.38. The smallest absolute Gasteiger partial charge is 0.252 e. The van der Waals surface area contributed by atoms with Crippen molar-refractivity contribution < 1.29 is 4.79 Å². The third kappa shape index (κ3) is 3.17. The van der Waals surface area contributed by atoms with Gasteiger partial charge < -0.3 is 0 Å². The molecule has 82 valence electrons. The summed E-state index contributed by atoms with van der Waals surface area (Å²) in [7, 11) is 0. The van der Waals surface area contributed by atoms with Crippen LogP contribution < -0.4 is 0 Å². The monoisotopic (exact) mass is 241 g/mol. The molecule has 0 aliphatic heterocycles. The summed E-state index contributed by atoms with van der Waals surface area (Å²) in [5, 5.41) is -0.477. The van der Waals surface area contributed by atoms with Crippen molar-refractivity contribution in [2.45, 2.75) is 0 Å². The molecule has 17 heavy (non-hydrogen) atoms. The van der Waals surface area contributed by atoms with Gasteiger partial charge in [-0.25, -0.2) is 0 Å². The van der Waals surface area contributed by atoms with Gasteiger partial charge >= 0.3 is 0 Å². The number of halogens is 1. The third-order valence-electron chi connectivity index (χ3n) is 2.10. The van der Waals surface area contributed by atoms with Crippen LogP contribution in [0.5, 0.6) is 0 Å². The molecule has 0 saturated carbocycles. The SMILES string of the molecule is O=C(Cl)c1cccc(C#Cc2cccnc2)c1. The summed E-state index contributed by atoms with van der Waals surface area (Å²) in [4.78, 5) is 14.9. The zero-order valence-electron chi connectivity index (χ0n) is 8.85. The molecule has 0 amide bonds. The van der Waals surface area contributed by atoms with Gasteiger partial charge in [-0.1, -0.05) is 24.0 Å². The number of benzene rings is 1. The summed E-state index contributed by atoms with van der Waals surface area (Å²) in [6, 6.07) is 10.6. The minimum absolute atomic E-state index is 0.449. The van der Waals surface area contributed by atoms with Gasteiger partial charge in [0.1, 0.15) is 0 Å². The van der Waals surface area contributed by atoms with Gasteiger partial charge in [-0.3, -0.25) is 9.78 Å². The first kappa shape index (κ1) is 11.4. The zero-order valence-corrected chi connectivity index (χ0v) is 9.61. The molecular weight excluding hydrogens is 234 g/mol. The highest BCUT2D eigenvalue weighted by Crippen LogP contribution is 2.07. The van der Waals surface area contributed by atoms with Crippen LogP contribution in [-0.2, 0) is 0 Å². The number of carbonyl (C=O) groups excluding carboxylic acids is 1. The molecule has 3 heteroatoms. The van der Waals surface area contributed by atoms with Gasteiger partial charge in [0.2, 0.25) is 0 Å². The van der Waals surface area contributed by atoms with Crippen LogP contribution in [-0.4, -0.2) is 10.2 Å². The first-order valence-electron chi connectivity index (χ1n) is 4.97. The lowest BCUT2D eigenvalue weighted by Crippen LogP contribution is -1.88. The van der Waals surface area contributed by atoms with Crippen molar-refractivity contribution >= 4 is 16.8 Å². The number of hydrogen-bond donors (Lipinski definition) is 0. The topological polar surface area (TPSA) is 30.0 Å². The fourth-order valence-corrected chi connectivity index (χ4v) is 1.42. The van der Waals surface area contributed by atoms with Crippen LogP contribution in [0.25, 0.3) is 0 Å². The van der Waals surface area contributed by atoms with Gasteiger partial charge in [0.25, 0.3) is 5.24 Å². The Hall–Kier alpha value is -2.11. The van der Waals surface area contributed by atoms with E-state index in [1.165, 1.54) is 0 Å². The Morgan fingerprint density at radius 1 is 1.12 bits per heavy atom. The molecule has 0 bridgehead atoms. The second-order valence-electron chi connectivity index (χ2n) is 3.35. The third-order valence-corrected chi connectivity index (χ3v) is 2.32. The summed E-state index contributed by atoms with van der Waals surface area (Å²) in [5.41, 5.74) is 2.03. The Morgan fingerprint density at radius 3 is 2.59 bits per heavy atom. The van der Waals surface area contributed by atoms with E-state index in [1.54, 1.807) is 30.6 Å². The lowest BCUT2D eigenvalue weighted by atomic mass is 10.1.